The van der Waals surface area contributed by atoms with E-state index in [9.17, 15) is 19.7 Å². The van der Waals surface area contributed by atoms with Crippen LogP contribution < -0.4 is 5.32 Å². The Bertz CT molecular complexity index is 929. The van der Waals surface area contributed by atoms with E-state index in [0.29, 0.717) is 23.4 Å². The number of nitro benzene ring substituents is 1. The number of carbonyl (C=O) groups excluding carboxylic acids is 2. The minimum atomic E-state index is -0.860. The van der Waals surface area contributed by atoms with Crippen LogP contribution >= 0.6 is 0 Å². The monoisotopic (exact) mass is 400 g/mol. The Kier molecular flexibility index (Phi) is 6.93. The van der Waals surface area contributed by atoms with Crippen LogP contribution in [0, 0.1) is 10.1 Å². The topological polar surface area (TPSA) is 108 Å². The zero-order valence-corrected chi connectivity index (χ0v) is 16.9. The lowest BCUT2D eigenvalue weighted by atomic mass is 9.80. The SMILES string of the molecule is C=C(C)CCOC(=O)C1=C(C)NC(C)=C(C(=O)OC)C1c1cccc([N+](=O)[O-])c1. The minimum absolute atomic E-state index is 0.142. The number of nitro groups is 1. The molecule has 0 amide bonds. The van der Waals surface area contributed by atoms with Crippen molar-refractivity contribution in [3.8, 4) is 0 Å². The van der Waals surface area contributed by atoms with Crippen molar-refractivity contribution >= 4 is 17.6 Å². The summed E-state index contributed by atoms with van der Waals surface area (Å²) >= 11 is 0. The Labute approximate surface area is 169 Å². The third kappa shape index (κ3) is 4.90. The molecule has 1 unspecified atom stereocenters. The fraction of sp³-hybridized carbons (Fsp3) is 0.333. The van der Waals surface area contributed by atoms with Gasteiger partial charge in [-0.15, -0.1) is 6.58 Å². The average Bonchev–Trinajstić information content (AvgIpc) is 2.66. The van der Waals surface area contributed by atoms with Gasteiger partial charge in [-0.25, -0.2) is 9.59 Å². The largest absolute Gasteiger partial charge is 0.466 e. The van der Waals surface area contributed by atoms with Gasteiger partial charge in [-0.2, -0.15) is 0 Å². The first-order valence-electron chi connectivity index (χ1n) is 9.00. The number of dihydropyridines is 1. The van der Waals surface area contributed by atoms with Crippen LogP contribution in [0.15, 0.2) is 59.0 Å². The molecule has 0 bridgehead atoms. The number of nitrogens with one attached hydrogen (secondary N) is 1. The van der Waals surface area contributed by atoms with E-state index in [1.54, 1.807) is 19.9 Å². The molecule has 8 heteroatoms. The molecule has 154 valence electrons. The number of ether oxygens (including phenoxy) is 2. The predicted molar refractivity (Wildman–Crippen MR) is 107 cm³/mol. The van der Waals surface area contributed by atoms with Gasteiger partial charge in [0, 0.05) is 29.9 Å². The van der Waals surface area contributed by atoms with Crippen LogP contribution in [-0.4, -0.2) is 30.6 Å². The molecule has 1 heterocycles. The number of carbonyl (C=O) groups is 2. The second kappa shape index (κ2) is 9.18. The highest BCUT2D eigenvalue weighted by atomic mass is 16.6. The smallest absolute Gasteiger partial charge is 0.336 e. The maximum absolute atomic E-state index is 12.9. The summed E-state index contributed by atoms with van der Waals surface area (Å²) in [6.07, 6.45) is 0.506. The molecular weight excluding hydrogens is 376 g/mol. The van der Waals surface area contributed by atoms with Gasteiger partial charge in [0.25, 0.3) is 5.69 Å². The van der Waals surface area contributed by atoms with E-state index in [2.05, 4.69) is 11.9 Å². The minimum Gasteiger partial charge on any atom is -0.466 e. The first kappa shape index (κ1) is 21.9. The standard InChI is InChI=1S/C21H24N2O6/c1-12(2)9-10-29-21(25)18-14(4)22-13(3)17(20(24)28-5)19(18)15-7-6-8-16(11-15)23(26)27/h6-8,11,19,22H,1,9-10H2,2-5H3. The van der Waals surface area contributed by atoms with E-state index in [1.807, 2.05) is 6.92 Å². The third-order valence-corrected chi connectivity index (χ3v) is 4.56. The summed E-state index contributed by atoms with van der Waals surface area (Å²) < 4.78 is 10.3. The summed E-state index contributed by atoms with van der Waals surface area (Å²) in [6.45, 7) is 9.12. The van der Waals surface area contributed by atoms with E-state index in [0.717, 1.165) is 5.57 Å². The number of methoxy groups -OCH3 is 1. The molecule has 29 heavy (non-hydrogen) atoms. The summed E-state index contributed by atoms with van der Waals surface area (Å²) in [4.78, 5) is 36.1. The maximum Gasteiger partial charge on any atom is 0.336 e. The fourth-order valence-corrected chi connectivity index (χ4v) is 3.19. The Morgan fingerprint density at radius 1 is 1.21 bits per heavy atom. The van der Waals surface area contributed by atoms with Crippen molar-refractivity contribution in [3.63, 3.8) is 0 Å². The van der Waals surface area contributed by atoms with Gasteiger partial charge >= 0.3 is 11.9 Å². The second-order valence-electron chi connectivity index (χ2n) is 6.82. The van der Waals surface area contributed by atoms with Crippen LogP contribution in [0.4, 0.5) is 5.69 Å². The Morgan fingerprint density at radius 2 is 1.83 bits per heavy atom. The highest BCUT2D eigenvalue weighted by Gasteiger charge is 2.38. The number of allylic oxidation sites excluding steroid dienone is 2. The van der Waals surface area contributed by atoms with Crippen molar-refractivity contribution in [2.24, 2.45) is 0 Å². The number of rotatable bonds is 7. The third-order valence-electron chi connectivity index (χ3n) is 4.56. The van der Waals surface area contributed by atoms with Gasteiger partial charge in [0.15, 0.2) is 0 Å². The number of benzene rings is 1. The lowest BCUT2D eigenvalue weighted by molar-refractivity contribution is -0.384. The molecule has 1 aliphatic rings. The van der Waals surface area contributed by atoms with Gasteiger partial charge in [-0.1, -0.05) is 17.7 Å². The van der Waals surface area contributed by atoms with Crippen LogP contribution in [0.1, 0.15) is 38.7 Å². The number of esters is 2. The summed E-state index contributed by atoms with van der Waals surface area (Å²) in [5.74, 6) is -2.10. The van der Waals surface area contributed by atoms with E-state index in [4.69, 9.17) is 9.47 Å². The zero-order valence-electron chi connectivity index (χ0n) is 16.9. The molecule has 0 aliphatic carbocycles. The molecule has 0 saturated carbocycles. The van der Waals surface area contributed by atoms with Crippen LogP contribution in [0.5, 0.6) is 0 Å². The zero-order chi connectivity index (χ0) is 21.7. The summed E-state index contributed by atoms with van der Waals surface area (Å²) in [6, 6.07) is 5.84. The van der Waals surface area contributed by atoms with Crippen molar-refractivity contribution in [1.29, 1.82) is 0 Å². The maximum atomic E-state index is 12.9. The predicted octanol–water partition coefficient (Wildman–Crippen LogP) is 3.51. The Hall–Kier alpha value is -3.42. The first-order chi connectivity index (χ1) is 13.7. The molecule has 1 aromatic carbocycles. The molecule has 1 aromatic rings. The van der Waals surface area contributed by atoms with Crippen molar-refractivity contribution in [1.82, 2.24) is 5.32 Å². The van der Waals surface area contributed by atoms with Gasteiger partial charge in [-0.3, -0.25) is 10.1 Å². The number of hydrogen-bond acceptors (Lipinski definition) is 7. The van der Waals surface area contributed by atoms with Gasteiger partial charge in [-0.05, 0) is 26.3 Å². The lowest BCUT2D eigenvalue weighted by Crippen LogP contribution is -2.32. The highest BCUT2D eigenvalue weighted by molar-refractivity contribution is 5.99. The molecule has 0 radical (unpaired) electrons. The van der Waals surface area contributed by atoms with E-state index >= 15 is 0 Å². The van der Waals surface area contributed by atoms with Crippen LogP contribution in [0.2, 0.25) is 0 Å². The molecule has 8 nitrogen and oxygen atoms in total. The van der Waals surface area contributed by atoms with E-state index in [1.165, 1.54) is 25.3 Å². The Morgan fingerprint density at radius 3 is 2.38 bits per heavy atom. The number of non-ortho nitro benzene ring substituents is 1. The molecule has 1 N–H and O–H groups in total. The molecule has 0 fully saturated rings. The normalized spacial score (nSPS) is 16.2. The quantitative estimate of drug-likeness (QED) is 0.323. The van der Waals surface area contributed by atoms with Gasteiger partial charge in [0.05, 0.1) is 35.7 Å². The van der Waals surface area contributed by atoms with E-state index in [-0.39, 0.29) is 23.4 Å². The molecule has 1 atom stereocenters. The second-order valence-corrected chi connectivity index (χ2v) is 6.82. The van der Waals surface area contributed by atoms with Crippen molar-refractivity contribution in [2.45, 2.75) is 33.1 Å². The van der Waals surface area contributed by atoms with Crippen molar-refractivity contribution in [2.75, 3.05) is 13.7 Å². The molecule has 0 saturated heterocycles. The first-order valence-corrected chi connectivity index (χ1v) is 9.00. The van der Waals surface area contributed by atoms with Gasteiger partial charge in [0.2, 0.25) is 0 Å². The molecule has 0 spiro atoms. The van der Waals surface area contributed by atoms with Crippen molar-refractivity contribution < 1.29 is 24.0 Å². The summed E-state index contributed by atoms with van der Waals surface area (Å²) in [5.41, 5.74) is 2.56. The molecule has 1 aliphatic heterocycles. The number of nitrogens with zero attached hydrogens (tertiary/aromatic N) is 1. The van der Waals surface area contributed by atoms with Crippen LogP contribution in [0.3, 0.4) is 0 Å². The Balaban J connectivity index is 2.57. The van der Waals surface area contributed by atoms with Gasteiger partial charge in [0.1, 0.15) is 0 Å². The average molecular weight is 400 g/mol. The molecule has 2 rings (SSSR count). The fourth-order valence-electron chi connectivity index (χ4n) is 3.19. The molecule has 0 aromatic heterocycles. The summed E-state index contributed by atoms with van der Waals surface area (Å²) in [7, 11) is 1.24. The van der Waals surface area contributed by atoms with Crippen molar-refractivity contribution in [3.05, 3.63) is 74.6 Å². The van der Waals surface area contributed by atoms with Crippen LogP contribution in [0.25, 0.3) is 0 Å². The van der Waals surface area contributed by atoms with E-state index < -0.39 is 22.8 Å². The highest BCUT2D eigenvalue weighted by Crippen LogP contribution is 2.40. The van der Waals surface area contributed by atoms with Crippen LogP contribution in [-0.2, 0) is 19.1 Å². The molecular formula is C21H24N2O6. The summed E-state index contributed by atoms with van der Waals surface area (Å²) in [5, 5.41) is 14.3. The lowest BCUT2D eigenvalue weighted by Gasteiger charge is -2.30. The van der Waals surface area contributed by atoms with Gasteiger partial charge < -0.3 is 14.8 Å². The number of hydrogen-bond donors (Lipinski definition) is 1.